The van der Waals surface area contributed by atoms with Crippen molar-refractivity contribution in [2.75, 3.05) is 38.2 Å². The molecule has 1 aromatic heterocycles. The molecule has 140 valence electrons. The highest BCUT2D eigenvalue weighted by Gasteiger charge is 2.21. The first kappa shape index (κ1) is 17.7. The molecule has 2 heterocycles. The van der Waals surface area contributed by atoms with Crippen molar-refractivity contribution in [3.05, 3.63) is 59.4 Å². The summed E-state index contributed by atoms with van der Waals surface area (Å²) in [6, 6.07) is 18.1. The molecule has 0 atom stereocenters. The number of methoxy groups -OCH3 is 1. The van der Waals surface area contributed by atoms with Crippen LogP contribution in [0.2, 0.25) is 0 Å². The fraction of sp³-hybridized carbons (Fsp3) is 0.316. The molecule has 1 saturated heterocycles. The number of piperazine rings is 1. The van der Waals surface area contributed by atoms with Crippen LogP contribution in [0.3, 0.4) is 0 Å². The summed E-state index contributed by atoms with van der Waals surface area (Å²) < 4.78 is 9.40. The molecule has 4 rings (SSSR count). The van der Waals surface area contributed by atoms with E-state index in [9.17, 15) is 0 Å². The quantitative estimate of drug-likeness (QED) is 0.671. The van der Waals surface area contributed by atoms with E-state index in [2.05, 4.69) is 27.5 Å². The van der Waals surface area contributed by atoms with Crippen LogP contribution in [-0.4, -0.2) is 53.1 Å². The monoisotopic (exact) mass is 383 g/mol. The van der Waals surface area contributed by atoms with Crippen molar-refractivity contribution in [1.29, 1.82) is 0 Å². The molecular weight excluding hydrogens is 360 g/mol. The largest absolute Gasteiger partial charge is 0.497 e. The van der Waals surface area contributed by atoms with Gasteiger partial charge < -0.3 is 14.5 Å². The molecule has 0 unspecified atom stereocenters. The first-order valence-electron chi connectivity index (χ1n) is 9.05. The van der Waals surface area contributed by atoms with Crippen LogP contribution in [0.1, 0.15) is 0 Å². The van der Waals surface area contributed by atoms with E-state index in [1.54, 1.807) is 11.8 Å². The summed E-state index contributed by atoms with van der Waals surface area (Å²) >= 11 is 5.56. The van der Waals surface area contributed by atoms with Crippen molar-refractivity contribution in [3.63, 3.8) is 0 Å². The lowest BCUT2D eigenvalue weighted by Gasteiger charge is -2.33. The Balaban J connectivity index is 1.38. The maximum Gasteiger partial charge on any atom is 0.225 e. The van der Waals surface area contributed by atoms with Gasteiger partial charge in [0, 0.05) is 5.69 Å². The minimum absolute atomic E-state index is 0.631. The average molecular weight is 384 g/mol. The number of ether oxygens (including phenoxy) is 1. The Morgan fingerprint density at radius 3 is 2.33 bits per heavy atom. The molecule has 1 aliphatic heterocycles. The van der Waals surface area contributed by atoms with Crippen LogP contribution in [0, 0.1) is 4.77 Å². The van der Waals surface area contributed by atoms with Crippen LogP contribution in [0.25, 0.3) is 5.69 Å². The number of anilines is 1. The standard InChI is InChI=1S/C19H22N6OS/c1-26-18-9-7-16(8-10-18)23-13-11-22(12-14-23)15-24-19(27)25(21-20-24)17-5-3-2-4-6-17/h2-10H,11-15H2,1H3/p+1. The zero-order valence-electron chi connectivity index (χ0n) is 15.3. The highest BCUT2D eigenvalue weighted by molar-refractivity contribution is 7.71. The molecule has 7 nitrogen and oxygen atoms in total. The summed E-state index contributed by atoms with van der Waals surface area (Å²) in [6.45, 7) is 4.81. The molecule has 0 bridgehead atoms. The number of rotatable bonds is 5. The minimum Gasteiger partial charge on any atom is -0.497 e. The molecule has 1 aliphatic rings. The molecule has 1 N–H and O–H groups in total. The van der Waals surface area contributed by atoms with Crippen LogP contribution in [0.15, 0.2) is 54.6 Å². The van der Waals surface area contributed by atoms with E-state index < -0.39 is 0 Å². The third-order valence-electron chi connectivity index (χ3n) is 4.92. The van der Waals surface area contributed by atoms with Gasteiger partial charge in [0.1, 0.15) is 5.75 Å². The van der Waals surface area contributed by atoms with E-state index >= 15 is 0 Å². The average Bonchev–Trinajstić information content (AvgIpc) is 3.09. The summed E-state index contributed by atoms with van der Waals surface area (Å²) in [6.07, 6.45) is 0. The SMILES string of the molecule is COc1ccc(N2CC[NH+](Cn3nnn(-c4ccccc4)c3=S)CC2)cc1. The fourth-order valence-electron chi connectivity index (χ4n) is 3.35. The van der Waals surface area contributed by atoms with Gasteiger partial charge in [-0.25, -0.2) is 0 Å². The summed E-state index contributed by atoms with van der Waals surface area (Å²) in [5, 5.41) is 8.48. The van der Waals surface area contributed by atoms with Crippen molar-refractivity contribution in [1.82, 2.24) is 19.8 Å². The zero-order valence-corrected chi connectivity index (χ0v) is 16.1. The van der Waals surface area contributed by atoms with E-state index in [0.717, 1.165) is 44.3 Å². The molecule has 0 aliphatic carbocycles. The van der Waals surface area contributed by atoms with Crippen molar-refractivity contribution in [3.8, 4) is 11.4 Å². The molecule has 27 heavy (non-hydrogen) atoms. The third-order valence-corrected chi connectivity index (χ3v) is 5.31. The van der Waals surface area contributed by atoms with Gasteiger partial charge in [-0.15, -0.1) is 0 Å². The predicted octanol–water partition coefficient (Wildman–Crippen LogP) is 1.17. The minimum atomic E-state index is 0.631. The van der Waals surface area contributed by atoms with E-state index in [0.29, 0.717) is 4.77 Å². The van der Waals surface area contributed by atoms with Crippen LogP contribution in [-0.2, 0) is 6.67 Å². The van der Waals surface area contributed by atoms with Gasteiger partial charge in [0.15, 0.2) is 6.67 Å². The fourth-order valence-corrected chi connectivity index (χ4v) is 3.59. The Bertz CT molecular complexity index is 929. The highest BCUT2D eigenvalue weighted by Crippen LogP contribution is 2.19. The predicted molar refractivity (Wildman–Crippen MR) is 106 cm³/mol. The Hall–Kier alpha value is -2.71. The molecular formula is C19H23N6OS+. The topological polar surface area (TPSA) is 52.6 Å². The van der Waals surface area contributed by atoms with Gasteiger partial charge in [-0.2, -0.15) is 9.36 Å². The Morgan fingerprint density at radius 2 is 1.67 bits per heavy atom. The van der Waals surface area contributed by atoms with Crippen molar-refractivity contribution < 1.29 is 9.64 Å². The number of hydrogen-bond donors (Lipinski definition) is 1. The van der Waals surface area contributed by atoms with Gasteiger partial charge in [0.05, 0.1) is 39.0 Å². The summed E-state index contributed by atoms with van der Waals surface area (Å²) in [5.41, 5.74) is 2.18. The Labute approximate surface area is 163 Å². The van der Waals surface area contributed by atoms with Crippen LogP contribution in [0.4, 0.5) is 5.69 Å². The number of tetrazole rings is 1. The van der Waals surface area contributed by atoms with Crippen molar-refractivity contribution in [2.45, 2.75) is 6.67 Å². The smallest absolute Gasteiger partial charge is 0.225 e. The number of aromatic nitrogens is 4. The van der Waals surface area contributed by atoms with Crippen LogP contribution in [0.5, 0.6) is 5.75 Å². The summed E-state index contributed by atoms with van der Waals surface area (Å²) in [4.78, 5) is 3.86. The van der Waals surface area contributed by atoms with Gasteiger partial charge in [-0.3, -0.25) is 0 Å². The number of para-hydroxylation sites is 1. The van der Waals surface area contributed by atoms with E-state index in [1.165, 1.54) is 10.6 Å². The second-order valence-electron chi connectivity index (χ2n) is 6.60. The van der Waals surface area contributed by atoms with Gasteiger partial charge in [0.25, 0.3) is 0 Å². The summed E-state index contributed by atoms with van der Waals surface area (Å²) in [5.74, 6) is 0.888. The molecule has 8 heteroatoms. The maximum atomic E-state index is 5.56. The highest BCUT2D eigenvalue weighted by atomic mass is 32.1. The maximum absolute atomic E-state index is 5.56. The number of nitrogens with one attached hydrogen (secondary N) is 1. The summed E-state index contributed by atoms with van der Waals surface area (Å²) in [7, 11) is 1.69. The van der Waals surface area contributed by atoms with Crippen LogP contribution >= 0.6 is 12.2 Å². The Kier molecular flexibility index (Phi) is 5.17. The zero-order chi connectivity index (χ0) is 18.6. The molecule has 0 saturated carbocycles. The molecule has 3 aromatic rings. The third kappa shape index (κ3) is 3.86. The van der Waals surface area contributed by atoms with Gasteiger partial charge in [0.2, 0.25) is 4.77 Å². The molecule has 0 radical (unpaired) electrons. The normalized spacial score (nSPS) is 15.1. The number of hydrogen-bond acceptors (Lipinski definition) is 5. The first-order chi connectivity index (χ1) is 13.2. The van der Waals surface area contributed by atoms with E-state index in [4.69, 9.17) is 17.0 Å². The lowest BCUT2D eigenvalue weighted by atomic mass is 10.2. The van der Waals surface area contributed by atoms with Gasteiger partial charge >= 0.3 is 0 Å². The number of quaternary nitrogens is 1. The van der Waals surface area contributed by atoms with Crippen molar-refractivity contribution >= 4 is 17.9 Å². The first-order valence-corrected chi connectivity index (χ1v) is 9.46. The molecule has 2 aromatic carbocycles. The van der Waals surface area contributed by atoms with Gasteiger partial charge in [-0.05, 0) is 59.0 Å². The Morgan fingerprint density at radius 1 is 0.963 bits per heavy atom. The second-order valence-corrected chi connectivity index (χ2v) is 6.97. The molecule has 1 fully saturated rings. The molecule has 0 spiro atoms. The number of nitrogens with zero attached hydrogens (tertiary/aromatic N) is 5. The molecule has 0 amide bonds. The van der Waals surface area contributed by atoms with Crippen molar-refractivity contribution in [2.24, 2.45) is 0 Å². The van der Waals surface area contributed by atoms with Gasteiger partial charge in [-0.1, -0.05) is 18.2 Å². The number of benzene rings is 2. The van der Waals surface area contributed by atoms with E-state index in [1.807, 2.05) is 47.1 Å². The van der Waals surface area contributed by atoms with Crippen LogP contribution < -0.4 is 14.5 Å². The lowest BCUT2D eigenvalue weighted by molar-refractivity contribution is -0.924. The second kappa shape index (κ2) is 7.89. The lowest BCUT2D eigenvalue weighted by Crippen LogP contribution is -3.14. The van der Waals surface area contributed by atoms with E-state index in [-0.39, 0.29) is 0 Å².